The van der Waals surface area contributed by atoms with Crippen molar-refractivity contribution in [3.05, 3.63) is 41.8 Å². The fourth-order valence-corrected chi connectivity index (χ4v) is 3.14. The molecule has 1 aliphatic rings. The summed E-state index contributed by atoms with van der Waals surface area (Å²) >= 11 is 1.78. The van der Waals surface area contributed by atoms with Gasteiger partial charge in [0.1, 0.15) is 0 Å². The highest BCUT2D eigenvalue weighted by Gasteiger charge is 2.24. The first kappa shape index (κ1) is 11.8. The van der Waals surface area contributed by atoms with Gasteiger partial charge in [-0.05, 0) is 30.9 Å². The lowest BCUT2D eigenvalue weighted by Gasteiger charge is -2.19. The van der Waals surface area contributed by atoms with Gasteiger partial charge in [0, 0.05) is 22.7 Å². The third-order valence-corrected chi connectivity index (χ3v) is 4.33. The van der Waals surface area contributed by atoms with Crippen molar-refractivity contribution < 1.29 is 4.74 Å². The van der Waals surface area contributed by atoms with E-state index in [4.69, 9.17) is 4.74 Å². The molecule has 3 heteroatoms. The second kappa shape index (κ2) is 5.12. The normalized spacial score (nSPS) is 23.2. The van der Waals surface area contributed by atoms with E-state index in [1.807, 2.05) is 0 Å². The van der Waals surface area contributed by atoms with Gasteiger partial charge in [0.15, 0.2) is 0 Å². The molecule has 1 aromatic heterocycles. The highest BCUT2D eigenvalue weighted by molar-refractivity contribution is 7.13. The fraction of sp³-hybridized carbons (Fsp3) is 0.333. The highest BCUT2D eigenvalue weighted by atomic mass is 32.1. The average molecular weight is 259 g/mol. The molecule has 0 amide bonds. The summed E-state index contributed by atoms with van der Waals surface area (Å²) in [5.74, 6) is 0. The summed E-state index contributed by atoms with van der Waals surface area (Å²) in [6, 6.07) is 13.2. The van der Waals surface area contributed by atoms with E-state index in [9.17, 15) is 0 Å². The molecular formula is C15H17NOS. The van der Waals surface area contributed by atoms with E-state index in [-0.39, 0.29) is 0 Å². The predicted molar refractivity (Wildman–Crippen MR) is 77.2 cm³/mol. The molecule has 1 aliphatic heterocycles. The summed E-state index contributed by atoms with van der Waals surface area (Å²) in [5, 5.41) is 5.75. The Morgan fingerprint density at radius 1 is 1.22 bits per heavy atom. The second-order valence-electron chi connectivity index (χ2n) is 4.64. The quantitative estimate of drug-likeness (QED) is 0.899. The van der Waals surface area contributed by atoms with E-state index in [0.29, 0.717) is 12.1 Å². The maximum atomic E-state index is 5.61. The Bertz CT molecular complexity index is 509. The number of ether oxygens (including phenoxy) is 1. The van der Waals surface area contributed by atoms with Crippen molar-refractivity contribution in [3.8, 4) is 10.4 Å². The van der Waals surface area contributed by atoms with Crippen molar-refractivity contribution in [1.29, 1.82) is 0 Å². The number of hydrogen-bond acceptors (Lipinski definition) is 3. The number of benzene rings is 1. The molecule has 0 radical (unpaired) electrons. The fourth-order valence-electron chi connectivity index (χ4n) is 2.38. The third-order valence-electron chi connectivity index (χ3n) is 3.43. The molecule has 1 N–H and O–H groups in total. The van der Waals surface area contributed by atoms with Crippen molar-refractivity contribution in [2.75, 3.05) is 11.9 Å². The number of para-hydroxylation sites is 1. The summed E-state index contributed by atoms with van der Waals surface area (Å²) in [7, 11) is 0. The molecule has 0 saturated carbocycles. The van der Waals surface area contributed by atoms with Crippen LogP contribution in [-0.4, -0.2) is 18.8 Å². The lowest BCUT2D eigenvalue weighted by molar-refractivity contribution is 0.121. The van der Waals surface area contributed by atoms with E-state index >= 15 is 0 Å². The summed E-state index contributed by atoms with van der Waals surface area (Å²) in [5.41, 5.74) is 2.49. The second-order valence-corrected chi connectivity index (χ2v) is 5.59. The maximum absolute atomic E-state index is 5.61. The van der Waals surface area contributed by atoms with Crippen molar-refractivity contribution >= 4 is 17.0 Å². The molecule has 2 atom stereocenters. The van der Waals surface area contributed by atoms with Gasteiger partial charge in [0.05, 0.1) is 12.1 Å². The smallest absolute Gasteiger partial charge is 0.0748 e. The van der Waals surface area contributed by atoms with Gasteiger partial charge in [-0.1, -0.05) is 24.3 Å². The zero-order valence-corrected chi connectivity index (χ0v) is 11.2. The zero-order valence-electron chi connectivity index (χ0n) is 10.4. The molecule has 2 nitrogen and oxygen atoms in total. The van der Waals surface area contributed by atoms with Crippen LogP contribution in [0.5, 0.6) is 0 Å². The van der Waals surface area contributed by atoms with E-state index in [0.717, 1.165) is 13.0 Å². The van der Waals surface area contributed by atoms with Gasteiger partial charge < -0.3 is 10.1 Å². The summed E-state index contributed by atoms with van der Waals surface area (Å²) in [6.07, 6.45) is 1.38. The topological polar surface area (TPSA) is 21.3 Å². The number of anilines is 1. The van der Waals surface area contributed by atoms with Gasteiger partial charge in [-0.3, -0.25) is 0 Å². The largest absolute Gasteiger partial charge is 0.379 e. The Kier molecular flexibility index (Phi) is 3.35. The van der Waals surface area contributed by atoms with Crippen molar-refractivity contribution in [3.63, 3.8) is 0 Å². The lowest BCUT2D eigenvalue weighted by Crippen LogP contribution is -2.26. The Labute approximate surface area is 112 Å². The Hall–Kier alpha value is -1.32. The molecule has 0 spiro atoms. The average Bonchev–Trinajstić information content (AvgIpc) is 3.03. The Balaban J connectivity index is 1.88. The van der Waals surface area contributed by atoms with Crippen LogP contribution in [0, 0.1) is 0 Å². The molecule has 2 aromatic rings. The van der Waals surface area contributed by atoms with Crippen LogP contribution in [0.2, 0.25) is 0 Å². The van der Waals surface area contributed by atoms with Gasteiger partial charge in [-0.25, -0.2) is 0 Å². The van der Waals surface area contributed by atoms with E-state index in [1.54, 1.807) is 11.3 Å². The Morgan fingerprint density at radius 3 is 2.83 bits per heavy atom. The first-order valence-electron chi connectivity index (χ1n) is 6.35. The van der Waals surface area contributed by atoms with Gasteiger partial charge in [-0.15, -0.1) is 11.3 Å². The van der Waals surface area contributed by atoms with E-state index < -0.39 is 0 Å². The van der Waals surface area contributed by atoms with Crippen LogP contribution < -0.4 is 5.32 Å². The van der Waals surface area contributed by atoms with Crippen LogP contribution >= 0.6 is 11.3 Å². The van der Waals surface area contributed by atoms with Gasteiger partial charge in [0.25, 0.3) is 0 Å². The predicted octanol–water partition coefficient (Wildman–Crippen LogP) is 4.00. The van der Waals surface area contributed by atoms with Crippen molar-refractivity contribution in [1.82, 2.24) is 0 Å². The monoisotopic (exact) mass is 259 g/mol. The van der Waals surface area contributed by atoms with Crippen LogP contribution in [0.3, 0.4) is 0 Å². The summed E-state index contributed by atoms with van der Waals surface area (Å²) in [4.78, 5) is 1.31. The van der Waals surface area contributed by atoms with Crippen LogP contribution in [0.4, 0.5) is 5.69 Å². The van der Waals surface area contributed by atoms with E-state index in [2.05, 4.69) is 54.0 Å². The molecule has 3 rings (SSSR count). The summed E-state index contributed by atoms with van der Waals surface area (Å²) in [6.45, 7) is 3.00. The maximum Gasteiger partial charge on any atom is 0.0748 e. The number of rotatable bonds is 3. The number of nitrogens with one attached hydrogen (secondary N) is 1. The molecular weight excluding hydrogens is 242 g/mol. The van der Waals surface area contributed by atoms with Gasteiger partial charge in [0.2, 0.25) is 0 Å². The third kappa shape index (κ3) is 2.28. The zero-order chi connectivity index (χ0) is 12.4. The highest BCUT2D eigenvalue weighted by Crippen LogP contribution is 2.32. The molecule has 1 aromatic carbocycles. The van der Waals surface area contributed by atoms with Crippen molar-refractivity contribution in [2.24, 2.45) is 0 Å². The van der Waals surface area contributed by atoms with Crippen molar-refractivity contribution in [2.45, 2.75) is 25.5 Å². The van der Waals surface area contributed by atoms with Gasteiger partial charge in [-0.2, -0.15) is 0 Å². The molecule has 2 unspecified atom stereocenters. The standard InChI is InChI=1S/C15H17NOS/c1-11-13(8-9-17-11)16-14-6-3-2-5-12(14)15-7-4-10-18-15/h2-7,10-11,13,16H,8-9H2,1H3. The lowest BCUT2D eigenvalue weighted by atomic mass is 10.1. The van der Waals surface area contributed by atoms with Gasteiger partial charge >= 0.3 is 0 Å². The molecule has 2 heterocycles. The first-order chi connectivity index (χ1) is 8.84. The Morgan fingerprint density at radius 2 is 2.11 bits per heavy atom. The van der Waals surface area contributed by atoms with E-state index in [1.165, 1.54) is 16.1 Å². The molecule has 1 saturated heterocycles. The molecule has 94 valence electrons. The minimum Gasteiger partial charge on any atom is -0.379 e. The molecule has 18 heavy (non-hydrogen) atoms. The first-order valence-corrected chi connectivity index (χ1v) is 7.23. The molecule has 0 bridgehead atoms. The minimum atomic E-state index is 0.293. The number of thiophene rings is 1. The van der Waals surface area contributed by atoms with Crippen LogP contribution in [-0.2, 0) is 4.74 Å². The molecule has 0 aliphatic carbocycles. The molecule has 1 fully saturated rings. The van der Waals surface area contributed by atoms with Crippen LogP contribution in [0.25, 0.3) is 10.4 Å². The SMILES string of the molecule is CC1OCCC1Nc1ccccc1-c1cccs1. The van der Waals surface area contributed by atoms with Crippen LogP contribution in [0.15, 0.2) is 41.8 Å². The summed E-state index contributed by atoms with van der Waals surface area (Å²) < 4.78 is 5.61. The minimum absolute atomic E-state index is 0.293. The van der Waals surface area contributed by atoms with Crippen LogP contribution in [0.1, 0.15) is 13.3 Å². The number of hydrogen-bond donors (Lipinski definition) is 1.